The van der Waals surface area contributed by atoms with Crippen LogP contribution in [0.5, 0.6) is 0 Å². The normalized spacial score (nSPS) is 24.0. The highest BCUT2D eigenvalue weighted by Crippen LogP contribution is 2.41. The quantitative estimate of drug-likeness (QED) is 0.791. The first kappa shape index (κ1) is 18.1. The lowest BCUT2D eigenvalue weighted by atomic mass is 9.71. The third-order valence-corrected chi connectivity index (χ3v) is 6.52. The first-order valence-corrected chi connectivity index (χ1v) is 10.3. The number of piperidine rings is 2. The summed E-state index contributed by atoms with van der Waals surface area (Å²) in [7, 11) is 0.299. The molecule has 2 aliphatic rings. The van der Waals surface area contributed by atoms with Gasteiger partial charge in [-0.1, -0.05) is 0 Å². The minimum Gasteiger partial charge on any atom is -0.380 e. The van der Waals surface area contributed by atoms with Gasteiger partial charge in [0.2, 0.25) is 5.91 Å². The van der Waals surface area contributed by atoms with E-state index < -0.39 is 9.84 Å². The molecule has 1 aromatic heterocycles. The van der Waals surface area contributed by atoms with Gasteiger partial charge in [-0.3, -0.25) is 4.79 Å². The lowest BCUT2D eigenvalue weighted by Gasteiger charge is -2.47. The molecule has 3 rings (SSSR count). The summed E-state index contributed by atoms with van der Waals surface area (Å²) in [5, 5.41) is 0. The second kappa shape index (κ2) is 6.57. The number of hydrogen-bond acceptors (Lipinski definition) is 6. The maximum Gasteiger partial charge on any atom is 0.228 e. The van der Waals surface area contributed by atoms with E-state index in [1.807, 2.05) is 7.05 Å². The largest absolute Gasteiger partial charge is 0.380 e. The molecule has 7 nitrogen and oxygen atoms in total. The monoisotopic (exact) mass is 367 g/mol. The van der Waals surface area contributed by atoms with Gasteiger partial charge in [-0.2, -0.15) is 0 Å². The first-order valence-electron chi connectivity index (χ1n) is 8.45. The molecule has 0 N–H and O–H groups in total. The Morgan fingerprint density at radius 2 is 1.96 bits per heavy atom. The lowest BCUT2D eigenvalue weighted by molar-refractivity contribution is -0.153. The van der Waals surface area contributed by atoms with Crippen molar-refractivity contribution in [2.75, 3.05) is 44.9 Å². The molecule has 8 heteroatoms. The van der Waals surface area contributed by atoms with E-state index in [1.165, 1.54) is 12.5 Å². The second-order valence-corrected chi connectivity index (χ2v) is 9.15. The lowest BCUT2D eigenvalue weighted by Crippen LogP contribution is -2.56. The van der Waals surface area contributed by atoms with E-state index in [1.54, 1.807) is 24.1 Å². The molecule has 0 aromatic carbocycles. The van der Waals surface area contributed by atoms with E-state index in [0.717, 1.165) is 38.2 Å². The van der Waals surface area contributed by atoms with E-state index in [4.69, 9.17) is 4.74 Å². The number of likely N-dealkylation sites (tertiary alicyclic amines) is 1. The molecular weight excluding hydrogens is 342 g/mol. The van der Waals surface area contributed by atoms with Gasteiger partial charge in [0.15, 0.2) is 9.84 Å². The van der Waals surface area contributed by atoms with Crippen LogP contribution in [0.1, 0.15) is 19.3 Å². The van der Waals surface area contributed by atoms with Gasteiger partial charge < -0.3 is 14.5 Å². The number of hydrogen-bond donors (Lipinski definition) is 0. The van der Waals surface area contributed by atoms with E-state index in [2.05, 4.69) is 9.88 Å². The number of methoxy groups -OCH3 is 1. The Hall–Kier alpha value is -1.67. The number of pyridine rings is 1. The van der Waals surface area contributed by atoms with Crippen LogP contribution < -0.4 is 4.90 Å². The SMILES string of the molecule is COC1CN(C)C(=O)C2(CCN(c3ccc(S(C)(=O)=O)cn3)CC2)C1. The van der Waals surface area contributed by atoms with Crippen LogP contribution in [0.25, 0.3) is 0 Å². The Labute approximate surface area is 148 Å². The Morgan fingerprint density at radius 1 is 1.28 bits per heavy atom. The second-order valence-electron chi connectivity index (χ2n) is 7.14. The van der Waals surface area contributed by atoms with Crippen LogP contribution in [0.2, 0.25) is 0 Å². The molecule has 1 aromatic rings. The smallest absolute Gasteiger partial charge is 0.228 e. The van der Waals surface area contributed by atoms with Crippen molar-refractivity contribution in [2.24, 2.45) is 5.41 Å². The molecule has 0 aliphatic carbocycles. The van der Waals surface area contributed by atoms with E-state index in [0.29, 0.717) is 6.54 Å². The third-order valence-electron chi connectivity index (χ3n) is 5.42. The van der Waals surface area contributed by atoms with Crippen LogP contribution in [-0.4, -0.2) is 70.4 Å². The molecule has 2 aliphatic heterocycles. The molecule has 0 bridgehead atoms. The van der Waals surface area contributed by atoms with E-state index in [9.17, 15) is 13.2 Å². The Bertz CT molecular complexity index is 740. The van der Waals surface area contributed by atoms with Crippen LogP contribution in [0.15, 0.2) is 23.2 Å². The molecule has 2 saturated heterocycles. The summed E-state index contributed by atoms with van der Waals surface area (Å²) >= 11 is 0. The van der Waals surface area contributed by atoms with E-state index >= 15 is 0 Å². The topological polar surface area (TPSA) is 79.8 Å². The van der Waals surface area contributed by atoms with E-state index in [-0.39, 0.29) is 22.3 Å². The highest BCUT2D eigenvalue weighted by Gasteiger charge is 2.48. The zero-order valence-corrected chi connectivity index (χ0v) is 15.8. The summed E-state index contributed by atoms with van der Waals surface area (Å²) in [6.45, 7) is 2.10. The number of carbonyl (C=O) groups is 1. The molecule has 3 heterocycles. The standard InChI is InChI=1S/C17H25N3O4S/c1-19-12-13(24-2)10-17(16(19)21)6-8-20(9-7-17)15-5-4-14(11-18-15)25(3,22)23/h4-5,11,13H,6-10,12H2,1-3H3. The summed E-state index contributed by atoms with van der Waals surface area (Å²) in [6.07, 6.45) is 4.93. The molecule has 1 atom stereocenters. The average Bonchev–Trinajstić information content (AvgIpc) is 2.59. The van der Waals surface area contributed by atoms with Gasteiger partial charge in [0.1, 0.15) is 5.82 Å². The number of amides is 1. The predicted molar refractivity (Wildman–Crippen MR) is 94.3 cm³/mol. The first-order chi connectivity index (χ1) is 11.7. The van der Waals surface area contributed by atoms with Crippen LogP contribution >= 0.6 is 0 Å². The van der Waals surface area contributed by atoms with Crippen molar-refractivity contribution in [3.8, 4) is 0 Å². The van der Waals surface area contributed by atoms with Gasteiger partial charge in [-0.15, -0.1) is 0 Å². The molecule has 0 radical (unpaired) electrons. The molecule has 1 unspecified atom stereocenters. The van der Waals surface area contributed by atoms with Gasteiger partial charge in [-0.05, 0) is 31.4 Å². The van der Waals surface area contributed by atoms with Crippen molar-refractivity contribution < 1.29 is 17.9 Å². The van der Waals surface area contributed by atoms with Crippen molar-refractivity contribution in [2.45, 2.75) is 30.3 Å². The third kappa shape index (κ3) is 3.50. The van der Waals surface area contributed by atoms with Crippen LogP contribution in [-0.2, 0) is 19.4 Å². The summed E-state index contributed by atoms with van der Waals surface area (Å²) in [5.41, 5.74) is -0.350. The molecule has 2 fully saturated rings. The van der Waals surface area contributed by atoms with Gasteiger partial charge in [0, 0.05) is 46.2 Å². The zero-order chi connectivity index (χ0) is 18.2. The summed E-state index contributed by atoms with van der Waals surface area (Å²) in [4.78, 5) is 21.1. The van der Waals surface area contributed by atoms with Crippen molar-refractivity contribution in [3.63, 3.8) is 0 Å². The maximum atomic E-state index is 12.7. The predicted octanol–water partition coefficient (Wildman–Crippen LogP) is 0.949. The number of sulfone groups is 1. The molecule has 1 amide bonds. The Balaban J connectivity index is 1.72. The van der Waals surface area contributed by atoms with Crippen LogP contribution in [0.3, 0.4) is 0 Å². The molecule has 138 valence electrons. The number of aromatic nitrogens is 1. The van der Waals surface area contributed by atoms with Crippen molar-refractivity contribution in [1.29, 1.82) is 0 Å². The average molecular weight is 367 g/mol. The molecule has 1 spiro atoms. The molecule has 25 heavy (non-hydrogen) atoms. The zero-order valence-electron chi connectivity index (χ0n) is 14.9. The highest BCUT2D eigenvalue weighted by atomic mass is 32.2. The number of carbonyl (C=O) groups excluding carboxylic acids is 1. The highest BCUT2D eigenvalue weighted by molar-refractivity contribution is 7.90. The van der Waals surface area contributed by atoms with Crippen molar-refractivity contribution in [1.82, 2.24) is 9.88 Å². The minimum atomic E-state index is -3.24. The number of likely N-dealkylation sites (N-methyl/N-ethyl adjacent to an activating group) is 1. The minimum absolute atomic E-state index is 0.0846. The number of anilines is 1. The van der Waals surface area contributed by atoms with Gasteiger partial charge in [0.05, 0.1) is 16.4 Å². The fourth-order valence-corrected chi connectivity index (χ4v) is 4.46. The van der Waals surface area contributed by atoms with Gasteiger partial charge in [0.25, 0.3) is 0 Å². The van der Waals surface area contributed by atoms with Crippen LogP contribution in [0.4, 0.5) is 5.82 Å². The maximum absolute atomic E-state index is 12.7. The summed E-state index contributed by atoms with van der Waals surface area (Å²) in [6, 6.07) is 3.32. The summed E-state index contributed by atoms with van der Waals surface area (Å²) in [5.74, 6) is 0.961. The fourth-order valence-electron chi connectivity index (χ4n) is 3.90. The van der Waals surface area contributed by atoms with Gasteiger partial charge >= 0.3 is 0 Å². The van der Waals surface area contributed by atoms with Crippen molar-refractivity contribution in [3.05, 3.63) is 18.3 Å². The number of rotatable bonds is 3. The molecule has 0 saturated carbocycles. The Morgan fingerprint density at radius 3 is 2.48 bits per heavy atom. The summed E-state index contributed by atoms with van der Waals surface area (Å²) < 4.78 is 28.6. The van der Waals surface area contributed by atoms with Crippen LogP contribution in [0, 0.1) is 5.41 Å². The number of nitrogens with zero attached hydrogens (tertiary/aromatic N) is 3. The molecular formula is C17H25N3O4S. The van der Waals surface area contributed by atoms with Crippen molar-refractivity contribution >= 4 is 21.6 Å². The Kier molecular flexibility index (Phi) is 4.76. The fraction of sp³-hybridized carbons (Fsp3) is 0.647. The van der Waals surface area contributed by atoms with Gasteiger partial charge in [-0.25, -0.2) is 13.4 Å². The number of ether oxygens (including phenoxy) is 1.